The second-order valence-electron chi connectivity index (χ2n) is 8.69. The standard InChI is InChI=1S/C22H26Cl2N2O3/c23-17-2-1-3-18(24)19(17)20-16(21(29-25-20)14-4-5-14)6-9-26-10-7-22(8-11-26)12-15(27)13-28-22/h1-3,14-15,27H,4-13H2. The van der Waals surface area contributed by atoms with Gasteiger partial charge in [-0.3, -0.25) is 0 Å². The van der Waals surface area contributed by atoms with Gasteiger partial charge in [0.15, 0.2) is 0 Å². The van der Waals surface area contributed by atoms with Gasteiger partial charge >= 0.3 is 0 Å². The monoisotopic (exact) mass is 436 g/mol. The van der Waals surface area contributed by atoms with Crippen molar-refractivity contribution in [2.75, 3.05) is 26.2 Å². The molecule has 1 saturated carbocycles. The fraction of sp³-hybridized carbons (Fsp3) is 0.591. The lowest BCUT2D eigenvalue weighted by Crippen LogP contribution is -2.44. The smallest absolute Gasteiger partial charge is 0.143 e. The summed E-state index contributed by atoms with van der Waals surface area (Å²) in [6.45, 7) is 3.39. The molecule has 7 heteroatoms. The predicted octanol–water partition coefficient (Wildman–Crippen LogP) is 4.68. The Bertz CT molecular complexity index is 868. The Hall–Kier alpha value is -1.11. The van der Waals surface area contributed by atoms with E-state index < -0.39 is 0 Å². The minimum Gasteiger partial charge on any atom is -0.391 e. The number of likely N-dealkylation sites (tertiary alicyclic amines) is 1. The van der Waals surface area contributed by atoms with Crippen molar-refractivity contribution in [3.05, 3.63) is 39.6 Å². The number of aliphatic hydroxyl groups excluding tert-OH is 1. The summed E-state index contributed by atoms with van der Waals surface area (Å²) in [5.74, 6) is 1.48. The van der Waals surface area contributed by atoms with Crippen molar-refractivity contribution >= 4 is 23.2 Å². The van der Waals surface area contributed by atoms with Crippen LogP contribution in [-0.2, 0) is 11.2 Å². The molecule has 2 aliphatic heterocycles. The minimum absolute atomic E-state index is 0.109. The highest BCUT2D eigenvalue weighted by Gasteiger charge is 2.42. The average molecular weight is 437 g/mol. The van der Waals surface area contributed by atoms with E-state index in [4.69, 9.17) is 32.5 Å². The van der Waals surface area contributed by atoms with Gasteiger partial charge in [0.05, 0.1) is 28.4 Å². The van der Waals surface area contributed by atoms with Crippen LogP contribution >= 0.6 is 23.2 Å². The highest BCUT2D eigenvalue weighted by atomic mass is 35.5. The zero-order valence-corrected chi connectivity index (χ0v) is 17.9. The first-order valence-electron chi connectivity index (χ1n) is 10.5. The minimum atomic E-state index is -0.303. The maximum Gasteiger partial charge on any atom is 0.143 e. The van der Waals surface area contributed by atoms with Gasteiger partial charge in [0.1, 0.15) is 11.5 Å². The lowest BCUT2D eigenvalue weighted by atomic mass is 9.88. The zero-order chi connectivity index (χ0) is 20.0. The second-order valence-corrected chi connectivity index (χ2v) is 9.50. The van der Waals surface area contributed by atoms with Gasteiger partial charge in [-0.1, -0.05) is 34.4 Å². The predicted molar refractivity (Wildman–Crippen MR) is 113 cm³/mol. The highest BCUT2D eigenvalue weighted by Crippen LogP contribution is 2.46. The molecule has 1 atom stereocenters. The van der Waals surface area contributed by atoms with Crippen molar-refractivity contribution in [3.8, 4) is 11.3 Å². The number of hydrogen-bond donors (Lipinski definition) is 1. The van der Waals surface area contributed by atoms with Crippen LogP contribution in [0.5, 0.6) is 0 Å². The largest absolute Gasteiger partial charge is 0.391 e. The van der Waals surface area contributed by atoms with E-state index in [2.05, 4.69) is 10.1 Å². The SMILES string of the molecule is OC1COC2(CCN(CCc3c(-c4c(Cl)cccc4Cl)noc3C3CC3)CC2)C1. The van der Waals surface area contributed by atoms with Crippen LogP contribution in [0.4, 0.5) is 0 Å². The summed E-state index contributed by atoms with van der Waals surface area (Å²) in [5, 5.41) is 15.4. The maximum absolute atomic E-state index is 9.84. The van der Waals surface area contributed by atoms with Crippen LogP contribution in [0.1, 0.15) is 49.3 Å². The van der Waals surface area contributed by atoms with E-state index in [1.165, 1.54) is 0 Å². The fourth-order valence-electron chi connectivity index (χ4n) is 4.77. The molecule has 1 aromatic carbocycles. The lowest BCUT2D eigenvalue weighted by molar-refractivity contribution is -0.0440. The van der Waals surface area contributed by atoms with Crippen LogP contribution in [0.2, 0.25) is 10.0 Å². The van der Waals surface area contributed by atoms with Crippen molar-refractivity contribution in [2.24, 2.45) is 0 Å². The Morgan fingerprint density at radius 2 is 1.90 bits per heavy atom. The molecule has 1 spiro atoms. The molecule has 3 aliphatic rings. The third-order valence-electron chi connectivity index (χ3n) is 6.60. The van der Waals surface area contributed by atoms with E-state index >= 15 is 0 Å². The number of piperidine rings is 1. The summed E-state index contributed by atoms with van der Waals surface area (Å²) in [4.78, 5) is 2.47. The number of ether oxygens (including phenoxy) is 1. The first-order valence-corrected chi connectivity index (χ1v) is 11.3. The molecule has 29 heavy (non-hydrogen) atoms. The number of halogens is 2. The number of aromatic nitrogens is 1. The molecular weight excluding hydrogens is 411 g/mol. The van der Waals surface area contributed by atoms with Gasteiger partial charge in [0.2, 0.25) is 0 Å². The normalized spacial score (nSPS) is 24.4. The number of hydrogen-bond acceptors (Lipinski definition) is 5. The van der Waals surface area contributed by atoms with Gasteiger partial charge in [-0.15, -0.1) is 0 Å². The molecule has 1 N–H and O–H groups in total. The summed E-state index contributed by atoms with van der Waals surface area (Å²) in [6, 6.07) is 5.54. The van der Waals surface area contributed by atoms with Crippen LogP contribution < -0.4 is 0 Å². The molecule has 1 aromatic heterocycles. The number of aliphatic hydroxyl groups is 1. The third-order valence-corrected chi connectivity index (χ3v) is 7.23. The summed E-state index contributed by atoms with van der Waals surface area (Å²) in [6.07, 6.45) is 5.60. The number of benzene rings is 1. The molecule has 0 amide bonds. The lowest BCUT2D eigenvalue weighted by Gasteiger charge is -2.38. The van der Waals surface area contributed by atoms with Gasteiger partial charge in [0.25, 0.3) is 0 Å². The molecule has 2 aromatic rings. The molecule has 5 nitrogen and oxygen atoms in total. The Labute approximate surface area is 180 Å². The zero-order valence-electron chi connectivity index (χ0n) is 16.4. The van der Waals surface area contributed by atoms with Crippen LogP contribution in [0.15, 0.2) is 22.7 Å². The quantitative estimate of drug-likeness (QED) is 0.736. The Morgan fingerprint density at radius 1 is 1.17 bits per heavy atom. The molecule has 3 fully saturated rings. The van der Waals surface area contributed by atoms with Crippen molar-refractivity contribution in [2.45, 2.75) is 56.1 Å². The molecule has 3 heterocycles. The first-order chi connectivity index (χ1) is 14.0. The fourth-order valence-corrected chi connectivity index (χ4v) is 5.35. The topological polar surface area (TPSA) is 58.7 Å². The van der Waals surface area contributed by atoms with E-state index in [1.54, 1.807) is 0 Å². The van der Waals surface area contributed by atoms with Gasteiger partial charge in [0, 0.05) is 43.1 Å². The van der Waals surface area contributed by atoms with Crippen molar-refractivity contribution in [1.82, 2.24) is 10.1 Å². The van der Waals surface area contributed by atoms with Crippen LogP contribution in [0, 0.1) is 0 Å². The second kappa shape index (κ2) is 7.86. The molecule has 0 radical (unpaired) electrons. The molecule has 0 bridgehead atoms. The van der Waals surface area contributed by atoms with Crippen LogP contribution in [0.25, 0.3) is 11.3 Å². The van der Waals surface area contributed by atoms with E-state index in [0.717, 1.165) is 80.7 Å². The van der Waals surface area contributed by atoms with Gasteiger partial charge in [-0.25, -0.2) is 0 Å². The van der Waals surface area contributed by atoms with E-state index in [0.29, 0.717) is 22.6 Å². The Balaban J connectivity index is 1.32. The van der Waals surface area contributed by atoms with Gasteiger partial charge in [-0.2, -0.15) is 0 Å². The molecule has 156 valence electrons. The molecule has 5 rings (SSSR count). The third kappa shape index (κ3) is 3.96. The first kappa shape index (κ1) is 19.8. The van der Waals surface area contributed by atoms with Crippen LogP contribution in [-0.4, -0.2) is 53.1 Å². The summed E-state index contributed by atoms with van der Waals surface area (Å²) >= 11 is 12.9. The summed E-state index contributed by atoms with van der Waals surface area (Å²) in [5.41, 5.74) is 2.60. The van der Waals surface area contributed by atoms with Crippen LogP contribution in [0.3, 0.4) is 0 Å². The molecule has 1 unspecified atom stereocenters. The van der Waals surface area contributed by atoms with Gasteiger partial charge < -0.3 is 19.3 Å². The van der Waals surface area contributed by atoms with Crippen molar-refractivity contribution in [1.29, 1.82) is 0 Å². The Kier molecular flexibility index (Phi) is 5.37. The van der Waals surface area contributed by atoms with E-state index in [-0.39, 0.29) is 11.7 Å². The number of rotatable bonds is 5. The molecular formula is C22H26Cl2N2O3. The van der Waals surface area contributed by atoms with Crippen molar-refractivity contribution in [3.63, 3.8) is 0 Å². The average Bonchev–Trinajstić information content (AvgIpc) is 3.37. The van der Waals surface area contributed by atoms with E-state index in [9.17, 15) is 5.11 Å². The van der Waals surface area contributed by atoms with E-state index in [1.807, 2.05) is 18.2 Å². The Morgan fingerprint density at radius 3 is 2.52 bits per heavy atom. The maximum atomic E-state index is 9.84. The molecule has 1 aliphatic carbocycles. The summed E-state index contributed by atoms with van der Waals surface area (Å²) < 4.78 is 11.7. The number of nitrogens with zero attached hydrogens (tertiary/aromatic N) is 2. The summed E-state index contributed by atoms with van der Waals surface area (Å²) in [7, 11) is 0. The van der Waals surface area contributed by atoms with Crippen molar-refractivity contribution < 1.29 is 14.4 Å². The highest BCUT2D eigenvalue weighted by molar-refractivity contribution is 6.39. The van der Waals surface area contributed by atoms with Gasteiger partial charge in [-0.05, 0) is 44.2 Å². The molecule has 2 saturated heterocycles.